The van der Waals surface area contributed by atoms with Gasteiger partial charge in [-0.3, -0.25) is 4.79 Å². The van der Waals surface area contributed by atoms with Crippen molar-refractivity contribution in [1.82, 2.24) is 9.38 Å². The Hall–Kier alpha value is -3.14. The molecular formula is C17H17N5O4S. The first-order chi connectivity index (χ1) is 13.0. The van der Waals surface area contributed by atoms with Crippen LogP contribution in [-0.2, 0) is 4.79 Å². The highest BCUT2D eigenvalue weighted by Gasteiger charge is 2.32. The summed E-state index contributed by atoms with van der Waals surface area (Å²) in [7, 11) is 0. The van der Waals surface area contributed by atoms with Crippen LogP contribution >= 0.6 is 11.3 Å². The van der Waals surface area contributed by atoms with E-state index in [0.29, 0.717) is 42.4 Å². The van der Waals surface area contributed by atoms with Gasteiger partial charge in [-0.25, -0.2) is 0 Å². The van der Waals surface area contributed by atoms with E-state index in [1.807, 2.05) is 4.90 Å². The van der Waals surface area contributed by atoms with Crippen LogP contribution in [0.25, 0.3) is 4.96 Å². The number of carbonyl (C=O) groups is 1. The Morgan fingerprint density at radius 2 is 2.07 bits per heavy atom. The molecule has 1 amide bonds. The molecule has 4 rings (SSSR count). The molecule has 0 saturated carbocycles. The lowest BCUT2D eigenvalue weighted by atomic mass is 9.96. The number of rotatable bonds is 4. The number of amides is 1. The van der Waals surface area contributed by atoms with Crippen LogP contribution < -0.4 is 10.2 Å². The summed E-state index contributed by atoms with van der Waals surface area (Å²) in [6.07, 6.45) is 2.75. The summed E-state index contributed by atoms with van der Waals surface area (Å²) in [5.74, 6) is -0.0353. The highest BCUT2D eigenvalue weighted by molar-refractivity contribution is 7.15. The van der Waals surface area contributed by atoms with Crippen molar-refractivity contribution in [1.29, 1.82) is 0 Å². The number of para-hydroxylation sites is 2. The smallest absolute Gasteiger partial charge is 0.373 e. The minimum absolute atomic E-state index is 0.0250. The predicted molar refractivity (Wildman–Crippen MR) is 101 cm³/mol. The zero-order valence-corrected chi connectivity index (χ0v) is 15.1. The molecule has 0 aliphatic carbocycles. The van der Waals surface area contributed by atoms with Crippen LogP contribution in [-0.4, -0.2) is 38.4 Å². The second-order valence-corrected chi connectivity index (χ2v) is 7.21. The van der Waals surface area contributed by atoms with E-state index in [1.54, 1.807) is 29.8 Å². The van der Waals surface area contributed by atoms with Crippen LogP contribution in [0.2, 0.25) is 0 Å². The number of nitrogens with one attached hydrogen (secondary N) is 1. The molecule has 1 aliphatic rings. The fourth-order valence-electron chi connectivity index (χ4n) is 3.31. The molecule has 1 saturated heterocycles. The molecule has 2 N–H and O–H groups in total. The Bertz CT molecular complexity index is 1010. The molecule has 10 heteroatoms. The highest BCUT2D eigenvalue weighted by Crippen LogP contribution is 2.34. The molecule has 0 bridgehead atoms. The normalized spacial score (nSPS) is 15.2. The van der Waals surface area contributed by atoms with Gasteiger partial charge >= 0.3 is 5.82 Å². The summed E-state index contributed by atoms with van der Waals surface area (Å²) in [5, 5.41) is 25.8. The number of carbonyl (C=O) groups excluding carboxylic acids is 1. The number of imidazole rings is 1. The van der Waals surface area contributed by atoms with Gasteiger partial charge in [0.05, 0.1) is 5.69 Å². The maximum absolute atomic E-state index is 12.5. The number of thiazole rings is 1. The molecule has 0 unspecified atom stereocenters. The van der Waals surface area contributed by atoms with Crippen molar-refractivity contribution < 1.29 is 14.8 Å². The summed E-state index contributed by atoms with van der Waals surface area (Å²) in [6.45, 7) is 1.01. The van der Waals surface area contributed by atoms with Gasteiger partial charge in [-0.2, -0.15) is 9.38 Å². The third-order valence-corrected chi connectivity index (χ3v) is 5.48. The molecule has 3 aromatic rings. The third-order valence-electron chi connectivity index (χ3n) is 4.72. The molecule has 1 aliphatic heterocycles. The number of aromatic hydroxyl groups is 1. The number of nitrogens with zero attached hydrogens (tertiary/aromatic N) is 4. The molecule has 2 aromatic heterocycles. The lowest BCUT2D eigenvalue weighted by molar-refractivity contribution is -0.389. The van der Waals surface area contributed by atoms with Crippen molar-refractivity contribution in [2.75, 3.05) is 23.3 Å². The minimum Gasteiger partial charge on any atom is -0.506 e. The second-order valence-electron chi connectivity index (χ2n) is 6.34. The van der Waals surface area contributed by atoms with E-state index < -0.39 is 4.92 Å². The third kappa shape index (κ3) is 3.19. The number of anilines is 2. The fraction of sp³-hybridized carbons (Fsp3) is 0.294. The molecule has 140 valence electrons. The lowest BCUT2D eigenvalue weighted by Gasteiger charge is -2.31. The number of nitro groups is 1. The van der Waals surface area contributed by atoms with Crippen molar-refractivity contribution >= 4 is 39.5 Å². The van der Waals surface area contributed by atoms with Crippen LogP contribution in [0.4, 0.5) is 17.3 Å². The van der Waals surface area contributed by atoms with Gasteiger partial charge in [-0.1, -0.05) is 23.5 Å². The Morgan fingerprint density at radius 1 is 1.33 bits per heavy atom. The maximum Gasteiger partial charge on any atom is 0.373 e. The molecular weight excluding hydrogens is 370 g/mol. The quantitative estimate of drug-likeness (QED) is 0.404. The van der Waals surface area contributed by atoms with E-state index in [2.05, 4.69) is 10.3 Å². The van der Waals surface area contributed by atoms with Crippen LogP contribution in [0, 0.1) is 16.0 Å². The Balaban J connectivity index is 1.46. The van der Waals surface area contributed by atoms with Gasteiger partial charge < -0.3 is 25.4 Å². The lowest BCUT2D eigenvalue weighted by Crippen LogP contribution is -2.38. The first kappa shape index (κ1) is 17.3. The van der Waals surface area contributed by atoms with Crippen molar-refractivity contribution in [3.63, 3.8) is 0 Å². The molecule has 0 radical (unpaired) electrons. The molecule has 27 heavy (non-hydrogen) atoms. The number of hydrogen-bond acceptors (Lipinski definition) is 7. The fourth-order valence-corrected chi connectivity index (χ4v) is 4.02. The molecule has 1 aromatic carbocycles. The molecule has 1 fully saturated rings. The van der Waals surface area contributed by atoms with Gasteiger partial charge in [-0.15, -0.1) is 0 Å². The highest BCUT2D eigenvalue weighted by atomic mass is 32.1. The summed E-state index contributed by atoms with van der Waals surface area (Å²) in [5.41, 5.74) is 0.384. The largest absolute Gasteiger partial charge is 0.506 e. The Labute approximate surface area is 158 Å². The average molecular weight is 387 g/mol. The first-order valence-corrected chi connectivity index (χ1v) is 9.36. The number of phenolic OH excluding ortho intramolecular Hbond substituents is 1. The Kier molecular flexibility index (Phi) is 4.40. The second kappa shape index (κ2) is 6.88. The SMILES string of the molecule is O=C(Nc1ccccc1O)C1CCN(c2nc3sccn3c2[N+](=O)[O-])CC1. The van der Waals surface area contributed by atoms with Gasteiger partial charge in [0.1, 0.15) is 11.9 Å². The van der Waals surface area contributed by atoms with Crippen molar-refractivity contribution in [3.8, 4) is 5.75 Å². The van der Waals surface area contributed by atoms with E-state index in [1.165, 1.54) is 21.8 Å². The standard InChI is InChI=1S/C17H17N5O4S/c23-13-4-2-1-3-12(13)18-15(24)11-5-7-20(8-6-11)14-16(22(25)26)21-9-10-27-17(21)19-14/h1-4,9-11,23H,5-8H2,(H,18,24). The number of piperidine rings is 1. The van der Waals surface area contributed by atoms with E-state index in [-0.39, 0.29) is 23.4 Å². The van der Waals surface area contributed by atoms with E-state index >= 15 is 0 Å². The van der Waals surface area contributed by atoms with E-state index in [4.69, 9.17) is 0 Å². The number of phenols is 1. The van der Waals surface area contributed by atoms with Crippen LogP contribution in [0.1, 0.15) is 12.8 Å². The van der Waals surface area contributed by atoms with Gasteiger partial charge in [-0.05, 0) is 29.9 Å². The zero-order valence-electron chi connectivity index (χ0n) is 14.2. The topological polar surface area (TPSA) is 113 Å². The Morgan fingerprint density at radius 3 is 2.78 bits per heavy atom. The van der Waals surface area contributed by atoms with Crippen LogP contribution in [0.15, 0.2) is 35.8 Å². The summed E-state index contributed by atoms with van der Waals surface area (Å²) in [4.78, 5) is 30.4. The number of aromatic nitrogens is 2. The van der Waals surface area contributed by atoms with Gasteiger partial charge in [0.25, 0.3) is 4.96 Å². The van der Waals surface area contributed by atoms with Gasteiger partial charge in [0, 0.05) is 24.4 Å². The summed E-state index contributed by atoms with van der Waals surface area (Å²) < 4.78 is 1.48. The monoisotopic (exact) mass is 387 g/mol. The van der Waals surface area contributed by atoms with Gasteiger partial charge in [0.15, 0.2) is 0 Å². The van der Waals surface area contributed by atoms with Crippen molar-refractivity contribution in [2.45, 2.75) is 12.8 Å². The number of hydrogen-bond donors (Lipinski definition) is 2. The molecule has 9 nitrogen and oxygen atoms in total. The van der Waals surface area contributed by atoms with Crippen LogP contribution in [0.5, 0.6) is 5.75 Å². The number of benzene rings is 1. The zero-order chi connectivity index (χ0) is 19.0. The minimum atomic E-state index is -0.418. The first-order valence-electron chi connectivity index (χ1n) is 8.48. The summed E-state index contributed by atoms with van der Waals surface area (Å²) >= 11 is 1.34. The van der Waals surface area contributed by atoms with E-state index in [9.17, 15) is 20.0 Å². The van der Waals surface area contributed by atoms with Crippen LogP contribution in [0.3, 0.4) is 0 Å². The predicted octanol–water partition coefficient (Wildman–Crippen LogP) is 2.86. The number of fused-ring (bicyclic) bond motifs is 1. The van der Waals surface area contributed by atoms with Crippen molar-refractivity contribution in [2.24, 2.45) is 5.92 Å². The van der Waals surface area contributed by atoms with E-state index in [0.717, 1.165) is 0 Å². The molecule has 0 spiro atoms. The molecule has 3 heterocycles. The maximum atomic E-state index is 12.5. The molecule has 0 atom stereocenters. The van der Waals surface area contributed by atoms with Crippen molar-refractivity contribution in [3.05, 3.63) is 46.0 Å². The van der Waals surface area contributed by atoms with Gasteiger partial charge in [0.2, 0.25) is 11.7 Å². The summed E-state index contributed by atoms with van der Waals surface area (Å²) in [6, 6.07) is 6.58. The average Bonchev–Trinajstić information content (AvgIpc) is 3.24.